The second-order valence-corrected chi connectivity index (χ2v) is 5.20. The Morgan fingerprint density at radius 3 is 2.61 bits per heavy atom. The molecule has 2 aromatic heterocycles. The minimum absolute atomic E-state index is 0.222. The first kappa shape index (κ1) is 15.0. The maximum atomic E-state index is 12.5. The molecule has 0 aliphatic carbocycles. The van der Waals surface area contributed by atoms with Gasteiger partial charge in [0.2, 0.25) is 0 Å². The minimum Gasteiger partial charge on any atom is -0.304 e. The number of amides is 1. The Labute approximate surface area is 133 Å². The molecule has 1 amide bonds. The van der Waals surface area contributed by atoms with E-state index in [9.17, 15) is 4.79 Å². The molecule has 1 N–H and O–H groups in total. The molecular weight excluding hydrogens is 292 g/mol. The fraction of sp³-hybridized carbons (Fsp3) is 0.250. The highest BCUT2D eigenvalue weighted by atomic mass is 16.1. The summed E-state index contributed by atoms with van der Waals surface area (Å²) in [7, 11) is 0. The molecule has 0 fully saturated rings. The van der Waals surface area contributed by atoms with Crippen LogP contribution in [0, 0.1) is 13.8 Å². The smallest absolute Gasteiger partial charge is 0.260 e. The van der Waals surface area contributed by atoms with Crippen LogP contribution in [-0.4, -0.2) is 30.7 Å². The van der Waals surface area contributed by atoms with Crippen LogP contribution >= 0.6 is 0 Å². The van der Waals surface area contributed by atoms with Gasteiger partial charge in [-0.3, -0.25) is 9.48 Å². The van der Waals surface area contributed by atoms with E-state index in [-0.39, 0.29) is 5.91 Å². The van der Waals surface area contributed by atoms with Gasteiger partial charge in [0.25, 0.3) is 5.91 Å². The molecule has 0 bridgehead atoms. The summed E-state index contributed by atoms with van der Waals surface area (Å²) in [6.07, 6.45) is 1.68. The van der Waals surface area contributed by atoms with E-state index in [1.54, 1.807) is 10.9 Å². The highest BCUT2D eigenvalue weighted by molar-refractivity contribution is 6.05. The third-order valence-electron chi connectivity index (χ3n) is 3.66. The Hall–Kier alpha value is -2.96. The molecule has 0 radical (unpaired) electrons. The van der Waals surface area contributed by atoms with Gasteiger partial charge in [0.1, 0.15) is 0 Å². The van der Waals surface area contributed by atoms with Gasteiger partial charge in [-0.15, -0.1) is 5.10 Å². The van der Waals surface area contributed by atoms with E-state index in [1.807, 2.05) is 55.8 Å². The molecule has 7 heteroatoms. The average Bonchev–Trinajstić information content (AvgIpc) is 3.12. The summed E-state index contributed by atoms with van der Waals surface area (Å²) < 4.78 is 3.43. The summed E-state index contributed by atoms with van der Waals surface area (Å²) >= 11 is 0. The second-order valence-electron chi connectivity index (χ2n) is 5.20. The van der Waals surface area contributed by atoms with Crippen LogP contribution in [0.5, 0.6) is 0 Å². The maximum Gasteiger partial charge on any atom is 0.260 e. The second kappa shape index (κ2) is 6.04. The van der Waals surface area contributed by atoms with Crippen LogP contribution in [0.25, 0.3) is 5.69 Å². The number of nitrogens with one attached hydrogen (secondary N) is 1. The number of carbonyl (C=O) groups excluding carboxylic acids is 1. The van der Waals surface area contributed by atoms with E-state index in [2.05, 4.69) is 20.7 Å². The Morgan fingerprint density at radius 1 is 1.22 bits per heavy atom. The van der Waals surface area contributed by atoms with Gasteiger partial charge < -0.3 is 5.32 Å². The molecule has 2 heterocycles. The normalized spacial score (nSPS) is 10.7. The standard InChI is InChI=1S/C16H18N6O/c1-4-21-12(3)15(11(2)19-21)16(23)17-14-10-22(20-18-14)13-8-6-5-7-9-13/h5-10H,4H2,1-3H3,(H,17,23). The first-order valence-corrected chi connectivity index (χ1v) is 7.43. The van der Waals surface area contributed by atoms with Gasteiger partial charge >= 0.3 is 0 Å². The van der Waals surface area contributed by atoms with Crippen molar-refractivity contribution in [2.75, 3.05) is 5.32 Å². The first-order valence-electron chi connectivity index (χ1n) is 7.43. The van der Waals surface area contributed by atoms with Gasteiger partial charge in [0, 0.05) is 12.2 Å². The molecule has 0 aliphatic rings. The molecule has 3 rings (SSSR count). The summed E-state index contributed by atoms with van der Waals surface area (Å²) in [5.41, 5.74) is 3.02. The Kier molecular flexibility index (Phi) is 3.92. The zero-order valence-electron chi connectivity index (χ0n) is 13.3. The number of anilines is 1. The molecule has 118 valence electrons. The van der Waals surface area contributed by atoms with Crippen molar-refractivity contribution >= 4 is 11.7 Å². The van der Waals surface area contributed by atoms with E-state index >= 15 is 0 Å². The molecule has 7 nitrogen and oxygen atoms in total. The molecule has 1 aromatic carbocycles. The number of benzene rings is 1. The Morgan fingerprint density at radius 2 is 1.96 bits per heavy atom. The van der Waals surface area contributed by atoms with Gasteiger partial charge in [0.15, 0.2) is 5.82 Å². The predicted molar refractivity (Wildman–Crippen MR) is 86.7 cm³/mol. The Balaban J connectivity index is 1.82. The van der Waals surface area contributed by atoms with Gasteiger partial charge in [0.05, 0.1) is 23.1 Å². The van der Waals surface area contributed by atoms with E-state index in [4.69, 9.17) is 0 Å². The number of aryl methyl sites for hydroxylation is 2. The van der Waals surface area contributed by atoms with Crippen molar-refractivity contribution in [3.63, 3.8) is 0 Å². The highest BCUT2D eigenvalue weighted by Gasteiger charge is 2.19. The molecule has 0 atom stereocenters. The van der Waals surface area contributed by atoms with Crippen LogP contribution in [0.1, 0.15) is 28.7 Å². The van der Waals surface area contributed by atoms with Crippen LogP contribution in [0.15, 0.2) is 36.5 Å². The number of aromatic nitrogens is 5. The van der Waals surface area contributed by atoms with E-state index in [0.717, 1.165) is 17.9 Å². The molecular formula is C16H18N6O. The summed E-state index contributed by atoms with van der Waals surface area (Å²) in [5, 5.41) is 15.2. The van der Waals surface area contributed by atoms with E-state index < -0.39 is 0 Å². The number of hydrogen-bond acceptors (Lipinski definition) is 4. The minimum atomic E-state index is -0.222. The van der Waals surface area contributed by atoms with Crippen molar-refractivity contribution in [3.05, 3.63) is 53.5 Å². The fourth-order valence-corrected chi connectivity index (χ4v) is 2.54. The summed E-state index contributed by atoms with van der Waals surface area (Å²) in [6, 6.07) is 9.60. The topological polar surface area (TPSA) is 77.6 Å². The quantitative estimate of drug-likeness (QED) is 0.802. The van der Waals surface area contributed by atoms with Crippen molar-refractivity contribution in [3.8, 4) is 5.69 Å². The fourth-order valence-electron chi connectivity index (χ4n) is 2.54. The monoisotopic (exact) mass is 310 g/mol. The van der Waals surface area contributed by atoms with Crippen molar-refractivity contribution in [1.82, 2.24) is 24.8 Å². The lowest BCUT2D eigenvalue weighted by Gasteiger charge is -2.03. The molecule has 0 saturated carbocycles. The van der Waals surface area contributed by atoms with Crippen LogP contribution in [-0.2, 0) is 6.54 Å². The zero-order valence-corrected chi connectivity index (χ0v) is 13.3. The number of para-hydroxylation sites is 1. The lowest BCUT2D eigenvalue weighted by atomic mass is 10.2. The highest BCUT2D eigenvalue weighted by Crippen LogP contribution is 2.15. The number of nitrogens with zero attached hydrogens (tertiary/aromatic N) is 5. The molecule has 0 saturated heterocycles. The van der Waals surface area contributed by atoms with Crippen molar-refractivity contribution in [2.24, 2.45) is 0 Å². The molecule has 23 heavy (non-hydrogen) atoms. The lowest BCUT2D eigenvalue weighted by Crippen LogP contribution is -2.14. The molecule has 0 spiro atoms. The van der Waals surface area contributed by atoms with Crippen LogP contribution in [0.4, 0.5) is 5.82 Å². The molecule has 0 unspecified atom stereocenters. The van der Waals surface area contributed by atoms with Crippen molar-refractivity contribution < 1.29 is 4.79 Å². The predicted octanol–water partition coefficient (Wildman–Crippen LogP) is 2.35. The van der Waals surface area contributed by atoms with Crippen molar-refractivity contribution in [2.45, 2.75) is 27.3 Å². The average molecular weight is 310 g/mol. The van der Waals surface area contributed by atoms with E-state index in [1.165, 1.54) is 0 Å². The van der Waals surface area contributed by atoms with Crippen LogP contribution in [0.2, 0.25) is 0 Å². The lowest BCUT2D eigenvalue weighted by molar-refractivity contribution is 0.102. The van der Waals surface area contributed by atoms with Gasteiger partial charge in [-0.05, 0) is 32.9 Å². The largest absolute Gasteiger partial charge is 0.304 e. The van der Waals surface area contributed by atoms with Gasteiger partial charge in [-0.25, -0.2) is 4.68 Å². The number of rotatable bonds is 4. The van der Waals surface area contributed by atoms with E-state index in [0.29, 0.717) is 17.1 Å². The van der Waals surface area contributed by atoms with Crippen molar-refractivity contribution in [1.29, 1.82) is 0 Å². The number of carbonyl (C=O) groups is 1. The third-order valence-corrected chi connectivity index (χ3v) is 3.66. The summed E-state index contributed by atoms with van der Waals surface area (Å²) in [5.74, 6) is 0.182. The SMILES string of the molecule is CCn1nc(C)c(C(=O)Nc2cn(-c3ccccc3)nn2)c1C. The Bertz CT molecular complexity index is 834. The molecule has 3 aromatic rings. The van der Waals surface area contributed by atoms with Gasteiger partial charge in [-0.2, -0.15) is 5.10 Å². The maximum absolute atomic E-state index is 12.5. The summed E-state index contributed by atoms with van der Waals surface area (Å²) in [6.45, 7) is 6.44. The first-order chi connectivity index (χ1) is 11.1. The third kappa shape index (κ3) is 2.85. The van der Waals surface area contributed by atoms with Crippen LogP contribution < -0.4 is 5.32 Å². The van der Waals surface area contributed by atoms with Crippen LogP contribution in [0.3, 0.4) is 0 Å². The molecule has 0 aliphatic heterocycles. The number of hydrogen-bond donors (Lipinski definition) is 1. The van der Waals surface area contributed by atoms with Gasteiger partial charge in [-0.1, -0.05) is 23.4 Å². The summed E-state index contributed by atoms with van der Waals surface area (Å²) in [4.78, 5) is 12.5. The zero-order chi connectivity index (χ0) is 16.4.